The van der Waals surface area contributed by atoms with Crippen LogP contribution >= 0.6 is 0 Å². The summed E-state index contributed by atoms with van der Waals surface area (Å²) in [4.78, 5) is 16.7. The van der Waals surface area contributed by atoms with Crippen molar-refractivity contribution in [3.8, 4) is 0 Å². The first-order valence-electron chi connectivity index (χ1n) is 15.5. The van der Waals surface area contributed by atoms with E-state index in [1.54, 1.807) is 36.4 Å². The maximum absolute atomic E-state index is 14.7. The zero-order valence-corrected chi connectivity index (χ0v) is 27.4. The number of hydrogen-bond acceptors (Lipinski definition) is 3. The highest BCUT2D eigenvalue weighted by Crippen LogP contribution is 2.34. The predicted octanol–water partition coefficient (Wildman–Crippen LogP) is 9.49. The number of carbonyl (C=O) groups excluding carboxylic acids is 1. The lowest BCUT2D eigenvalue weighted by molar-refractivity contribution is 0.0677. The molecule has 6 rings (SSSR count). The maximum Gasteiger partial charge on any atom is 0.261 e. The van der Waals surface area contributed by atoms with Crippen LogP contribution in [0.3, 0.4) is 0 Å². The minimum absolute atomic E-state index is 0.108. The van der Waals surface area contributed by atoms with Crippen molar-refractivity contribution in [3.63, 3.8) is 0 Å². The molecule has 46 heavy (non-hydrogen) atoms. The van der Waals surface area contributed by atoms with Gasteiger partial charge in [0, 0.05) is 6.54 Å². The fourth-order valence-corrected chi connectivity index (χ4v) is 7.08. The number of rotatable bonds is 8. The normalized spacial score (nSPS) is 12.6. The summed E-state index contributed by atoms with van der Waals surface area (Å²) in [5.74, 6) is -0.269. The number of amides is 1. The van der Waals surface area contributed by atoms with Crippen molar-refractivity contribution in [2.75, 3.05) is 4.72 Å². The van der Waals surface area contributed by atoms with E-state index in [2.05, 4.69) is 55.8 Å². The van der Waals surface area contributed by atoms with E-state index in [9.17, 15) is 13.2 Å². The van der Waals surface area contributed by atoms with E-state index < -0.39 is 10.0 Å². The van der Waals surface area contributed by atoms with E-state index >= 15 is 0 Å². The van der Waals surface area contributed by atoms with Gasteiger partial charge in [0.15, 0.2) is 0 Å². The Labute approximate surface area is 271 Å². The first-order chi connectivity index (χ1) is 22.0. The van der Waals surface area contributed by atoms with E-state index in [1.165, 1.54) is 0 Å². The van der Waals surface area contributed by atoms with Crippen molar-refractivity contribution in [3.05, 3.63) is 156 Å². The molecule has 0 unspecified atom stereocenters. The molecule has 0 saturated heterocycles. The Morgan fingerprint density at radius 3 is 1.87 bits per heavy atom. The number of carbonyl (C=O) groups is 1. The van der Waals surface area contributed by atoms with Gasteiger partial charge in [-0.05, 0) is 80.9 Å². The summed E-state index contributed by atoms with van der Waals surface area (Å²) in [6, 6.07) is 42.0. The highest BCUT2D eigenvalue weighted by atomic mass is 32.2. The molecule has 0 aromatic heterocycles. The largest absolute Gasteiger partial charge is 0.327 e. The van der Waals surface area contributed by atoms with Gasteiger partial charge in [0.25, 0.3) is 15.9 Å². The number of benzene rings is 6. The molecule has 232 valence electrons. The highest BCUT2D eigenvalue weighted by Gasteiger charge is 2.28. The van der Waals surface area contributed by atoms with Crippen molar-refractivity contribution in [2.45, 2.75) is 50.6 Å². The molecule has 0 aliphatic carbocycles. The average Bonchev–Trinajstić information content (AvgIpc) is 3.06. The Kier molecular flexibility index (Phi) is 8.41. The molecule has 0 radical (unpaired) electrons. The first kappa shape index (κ1) is 31.1. The topological polar surface area (TPSA) is 66.5 Å². The number of hydrogen-bond donors (Lipinski definition) is 1. The highest BCUT2D eigenvalue weighted by molar-refractivity contribution is 7.92. The van der Waals surface area contributed by atoms with E-state index in [-0.39, 0.29) is 33.5 Å². The number of nitrogens with one attached hydrogen (secondary N) is 1. The van der Waals surface area contributed by atoms with Crippen molar-refractivity contribution < 1.29 is 13.2 Å². The molecule has 5 nitrogen and oxygen atoms in total. The fraction of sp³-hybridized carbons (Fsp3) is 0.175. The summed E-state index contributed by atoms with van der Waals surface area (Å²) in [5.41, 5.74) is 3.47. The molecule has 0 spiro atoms. The molecule has 1 amide bonds. The quantitative estimate of drug-likeness (QED) is 0.171. The van der Waals surface area contributed by atoms with Crippen molar-refractivity contribution in [1.82, 2.24) is 4.90 Å². The van der Waals surface area contributed by atoms with Crippen LogP contribution in [0.2, 0.25) is 0 Å². The Hall–Kier alpha value is -4.94. The summed E-state index contributed by atoms with van der Waals surface area (Å²) in [5, 5.41) is 4.35. The Morgan fingerprint density at radius 1 is 0.717 bits per heavy atom. The SMILES string of the molecule is C[C@@H](c1ccccc1)N(Cc1c2ccccc2cc2ccccc12)C(=O)c1ccccc1NS(=O)(=O)c1ccc(C(C)(C)C)cc1. The number of fused-ring (bicyclic) bond motifs is 2. The third-order valence-corrected chi connectivity index (χ3v) is 10.0. The molecule has 6 aromatic carbocycles. The summed E-state index contributed by atoms with van der Waals surface area (Å²) in [6.45, 7) is 8.59. The van der Waals surface area contributed by atoms with Crippen LogP contribution in [0.15, 0.2) is 138 Å². The van der Waals surface area contributed by atoms with Crippen LogP contribution in [-0.4, -0.2) is 19.2 Å². The lowest BCUT2D eigenvalue weighted by atomic mass is 9.87. The second kappa shape index (κ2) is 12.5. The molecular weight excluding hydrogens is 589 g/mol. The summed E-state index contributed by atoms with van der Waals surface area (Å²) in [7, 11) is -3.97. The van der Waals surface area contributed by atoms with Crippen LogP contribution in [0.25, 0.3) is 21.5 Å². The summed E-state index contributed by atoms with van der Waals surface area (Å²) in [6.07, 6.45) is 0. The standard InChI is InChI=1S/C40H38N2O3S/c1-28(29-14-6-5-7-15-29)42(27-37-34-18-10-8-16-30(34)26-31-17-9-11-19-35(31)37)39(43)36-20-12-13-21-38(36)41-46(44,45)33-24-22-32(23-25-33)40(2,3)4/h5-26,28,41H,27H2,1-4H3/t28-/m0/s1. The lowest BCUT2D eigenvalue weighted by Gasteiger charge is -2.31. The monoisotopic (exact) mass is 626 g/mol. The fourth-order valence-electron chi connectivity index (χ4n) is 6.00. The second-order valence-electron chi connectivity index (χ2n) is 12.7. The summed E-state index contributed by atoms with van der Waals surface area (Å²) < 4.78 is 29.9. The van der Waals surface area contributed by atoms with Gasteiger partial charge in [-0.3, -0.25) is 9.52 Å². The molecule has 0 aliphatic rings. The molecule has 1 atom stereocenters. The molecule has 0 aliphatic heterocycles. The van der Waals surface area contributed by atoms with Crippen LogP contribution in [0, 0.1) is 0 Å². The van der Waals surface area contributed by atoms with Crippen LogP contribution < -0.4 is 4.72 Å². The van der Waals surface area contributed by atoms with Crippen LogP contribution in [0.1, 0.15) is 60.8 Å². The van der Waals surface area contributed by atoms with Gasteiger partial charge in [0.2, 0.25) is 0 Å². The van der Waals surface area contributed by atoms with Crippen molar-refractivity contribution in [1.29, 1.82) is 0 Å². The van der Waals surface area contributed by atoms with Crippen LogP contribution in [0.4, 0.5) is 5.69 Å². The molecular formula is C40H38N2O3S. The maximum atomic E-state index is 14.7. The number of nitrogens with zero attached hydrogens (tertiary/aromatic N) is 1. The number of para-hydroxylation sites is 1. The molecule has 0 saturated carbocycles. The molecule has 6 heteroatoms. The summed E-state index contributed by atoms with van der Waals surface area (Å²) >= 11 is 0. The zero-order chi connectivity index (χ0) is 32.5. The minimum atomic E-state index is -3.97. The molecule has 0 bridgehead atoms. The van der Waals surface area contributed by atoms with Gasteiger partial charge in [0.05, 0.1) is 22.2 Å². The van der Waals surface area contributed by atoms with Gasteiger partial charge in [-0.25, -0.2) is 8.42 Å². The Bertz CT molecular complexity index is 2080. The van der Waals surface area contributed by atoms with Crippen molar-refractivity contribution >= 4 is 43.2 Å². The Balaban J connectivity index is 1.43. The molecule has 1 N–H and O–H groups in total. The van der Waals surface area contributed by atoms with Crippen LogP contribution in [0.5, 0.6) is 0 Å². The second-order valence-corrected chi connectivity index (χ2v) is 14.4. The van der Waals surface area contributed by atoms with Crippen LogP contribution in [-0.2, 0) is 22.0 Å². The molecule has 0 fully saturated rings. The van der Waals surface area contributed by atoms with Gasteiger partial charge in [-0.1, -0.05) is 124 Å². The smallest absolute Gasteiger partial charge is 0.261 e. The molecule has 6 aromatic rings. The number of anilines is 1. The zero-order valence-electron chi connectivity index (χ0n) is 26.6. The third kappa shape index (κ3) is 6.26. The first-order valence-corrected chi connectivity index (χ1v) is 17.0. The van der Waals surface area contributed by atoms with Gasteiger partial charge in [0.1, 0.15) is 0 Å². The van der Waals surface area contributed by atoms with E-state index in [4.69, 9.17) is 0 Å². The third-order valence-electron chi connectivity index (χ3n) is 8.65. The number of sulfonamides is 1. The van der Waals surface area contributed by atoms with E-state index in [1.807, 2.05) is 78.6 Å². The van der Waals surface area contributed by atoms with E-state index in [0.29, 0.717) is 6.54 Å². The van der Waals surface area contributed by atoms with Crippen molar-refractivity contribution in [2.24, 2.45) is 0 Å². The van der Waals surface area contributed by atoms with Gasteiger partial charge >= 0.3 is 0 Å². The van der Waals surface area contributed by atoms with Gasteiger partial charge < -0.3 is 4.90 Å². The van der Waals surface area contributed by atoms with E-state index in [0.717, 1.165) is 38.2 Å². The Morgan fingerprint density at radius 2 is 1.26 bits per heavy atom. The van der Waals surface area contributed by atoms with Gasteiger partial charge in [-0.15, -0.1) is 0 Å². The average molecular weight is 627 g/mol. The lowest BCUT2D eigenvalue weighted by Crippen LogP contribution is -2.34. The minimum Gasteiger partial charge on any atom is -0.327 e. The van der Waals surface area contributed by atoms with Gasteiger partial charge in [-0.2, -0.15) is 0 Å². The predicted molar refractivity (Wildman–Crippen MR) is 189 cm³/mol. The molecule has 0 heterocycles.